The highest BCUT2D eigenvalue weighted by Gasteiger charge is 2.52. The summed E-state index contributed by atoms with van der Waals surface area (Å²) < 4.78 is 40.7. The van der Waals surface area contributed by atoms with E-state index in [1.807, 2.05) is 0 Å². The van der Waals surface area contributed by atoms with Crippen molar-refractivity contribution in [2.75, 3.05) is 13.1 Å². The van der Waals surface area contributed by atoms with Gasteiger partial charge in [-0.3, -0.25) is 28.9 Å². The Morgan fingerprint density at radius 2 is 1.71 bits per heavy atom. The second-order valence-electron chi connectivity index (χ2n) is 7.33. The SMILES string of the molecule is CC(C(=O)N1C[C@@H](C(F)(F)F)[C@H](NC(=O)c2ccc(C(N)=O)s2)C1)N1C(=O)CCC1=O. The van der Waals surface area contributed by atoms with Crippen LogP contribution >= 0.6 is 11.3 Å². The van der Waals surface area contributed by atoms with Crippen LogP contribution in [0, 0.1) is 5.92 Å². The Morgan fingerprint density at radius 3 is 2.23 bits per heavy atom. The van der Waals surface area contributed by atoms with Gasteiger partial charge in [-0.1, -0.05) is 0 Å². The molecule has 1 aromatic rings. The minimum absolute atomic E-state index is 0.00105. The highest BCUT2D eigenvalue weighted by Crippen LogP contribution is 2.35. The van der Waals surface area contributed by atoms with Gasteiger partial charge in [-0.05, 0) is 19.1 Å². The first-order valence-electron chi connectivity index (χ1n) is 9.31. The Bertz CT molecular complexity index is 931. The van der Waals surface area contributed by atoms with Crippen LogP contribution < -0.4 is 11.1 Å². The average molecular weight is 460 g/mol. The number of primary amides is 1. The van der Waals surface area contributed by atoms with Crippen LogP contribution in [0.3, 0.4) is 0 Å². The van der Waals surface area contributed by atoms with E-state index in [-0.39, 0.29) is 22.6 Å². The number of hydrogen-bond acceptors (Lipinski definition) is 6. The number of alkyl halides is 3. The zero-order valence-electron chi connectivity index (χ0n) is 16.3. The zero-order chi connectivity index (χ0) is 23.1. The third-order valence-electron chi connectivity index (χ3n) is 5.28. The predicted molar refractivity (Wildman–Crippen MR) is 101 cm³/mol. The third-order valence-corrected chi connectivity index (χ3v) is 6.37. The molecule has 3 atom stereocenters. The quantitative estimate of drug-likeness (QED) is 0.619. The van der Waals surface area contributed by atoms with Crippen LogP contribution in [0.4, 0.5) is 13.2 Å². The maximum absolute atomic E-state index is 13.6. The van der Waals surface area contributed by atoms with Gasteiger partial charge in [0.25, 0.3) is 11.8 Å². The summed E-state index contributed by atoms with van der Waals surface area (Å²) in [6.45, 7) is 0.128. The molecule has 2 saturated heterocycles. The molecule has 31 heavy (non-hydrogen) atoms. The number of nitrogens with one attached hydrogen (secondary N) is 1. The first-order valence-corrected chi connectivity index (χ1v) is 10.1. The van der Waals surface area contributed by atoms with Gasteiger partial charge < -0.3 is 16.0 Å². The van der Waals surface area contributed by atoms with Gasteiger partial charge in [0, 0.05) is 25.9 Å². The van der Waals surface area contributed by atoms with Crippen molar-refractivity contribution >= 4 is 40.9 Å². The second kappa shape index (κ2) is 8.29. The van der Waals surface area contributed by atoms with Crippen LogP contribution in [-0.2, 0) is 14.4 Å². The molecule has 1 unspecified atom stereocenters. The van der Waals surface area contributed by atoms with E-state index in [2.05, 4.69) is 5.32 Å². The van der Waals surface area contributed by atoms with Crippen LogP contribution in [0.15, 0.2) is 12.1 Å². The average Bonchev–Trinajstić information content (AvgIpc) is 3.39. The summed E-state index contributed by atoms with van der Waals surface area (Å²) in [6.07, 6.45) is -4.80. The van der Waals surface area contributed by atoms with E-state index in [9.17, 15) is 37.1 Å². The van der Waals surface area contributed by atoms with Gasteiger partial charge in [-0.15, -0.1) is 11.3 Å². The fraction of sp³-hybridized carbons (Fsp3) is 0.500. The lowest BCUT2D eigenvalue weighted by Crippen LogP contribution is -2.49. The number of rotatable bonds is 5. The Kier molecular flexibility index (Phi) is 6.07. The zero-order valence-corrected chi connectivity index (χ0v) is 17.1. The Balaban J connectivity index is 1.75. The van der Waals surface area contributed by atoms with E-state index < -0.39 is 66.8 Å². The molecule has 2 fully saturated rings. The molecule has 9 nitrogen and oxygen atoms in total. The summed E-state index contributed by atoms with van der Waals surface area (Å²) in [6, 6.07) is -0.110. The maximum Gasteiger partial charge on any atom is 0.395 e. The molecule has 168 valence electrons. The van der Waals surface area contributed by atoms with Crippen LogP contribution in [0.25, 0.3) is 0 Å². The van der Waals surface area contributed by atoms with Gasteiger partial charge >= 0.3 is 6.18 Å². The van der Waals surface area contributed by atoms with Crippen LogP contribution in [0.5, 0.6) is 0 Å². The summed E-state index contributed by atoms with van der Waals surface area (Å²) in [5.41, 5.74) is 5.12. The minimum Gasteiger partial charge on any atom is -0.365 e. The van der Waals surface area contributed by atoms with Crippen molar-refractivity contribution in [1.82, 2.24) is 15.1 Å². The molecular formula is C18H19F3N4O5S. The van der Waals surface area contributed by atoms with Crippen molar-refractivity contribution < 1.29 is 37.1 Å². The van der Waals surface area contributed by atoms with Gasteiger partial charge in [0.05, 0.1) is 21.7 Å². The smallest absolute Gasteiger partial charge is 0.365 e. The van der Waals surface area contributed by atoms with E-state index in [0.29, 0.717) is 0 Å². The Hall–Kier alpha value is -2.96. The van der Waals surface area contributed by atoms with Crippen molar-refractivity contribution in [3.8, 4) is 0 Å². The molecular weight excluding hydrogens is 441 g/mol. The summed E-state index contributed by atoms with van der Waals surface area (Å²) in [4.78, 5) is 61.7. The topological polar surface area (TPSA) is 130 Å². The van der Waals surface area contributed by atoms with E-state index in [4.69, 9.17) is 5.73 Å². The highest BCUT2D eigenvalue weighted by atomic mass is 32.1. The number of hydrogen-bond donors (Lipinski definition) is 2. The molecule has 0 aliphatic carbocycles. The van der Waals surface area contributed by atoms with Gasteiger partial charge in [-0.25, -0.2) is 0 Å². The normalized spacial score (nSPS) is 22.7. The van der Waals surface area contributed by atoms with Gasteiger partial charge in [0.15, 0.2) is 0 Å². The van der Waals surface area contributed by atoms with Crippen molar-refractivity contribution in [3.63, 3.8) is 0 Å². The standard InChI is InChI=1S/C18H19F3N4O5S/c1-8(25-13(26)4-5-14(25)27)17(30)24-6-9(18(19,20)21)10(7-24)23-16(29)12-3-2-11(31-12)15(22)28/h2-3,8-10H,4-7H2,1H3,(H2,22,28)(H,23,29)/t8?,9-,10-/m1/s1. The number of imide groups is 1. The molecule has 0 saturated carbocycles. The van der Waals surface area contributed by atoms with Crippen molar-refractivity contribution in [3.05, 3.63) is 21.9 Å². The van der Waals surface area contributed by atoms with E-state index in [1.165, 1.54) is 19.1 Å². The minimum atomic E-state index is -4.71. The summed E-state index contributed by atoms with van der Waals surface area (Å²) >= 11 is 0.740. The molecule has 0 aromatic carbocycles. The molecule has 3 N–H and O–H groups in total. The summed E-state index contributed by atoms with van der Waals surface area (Å²) in [7, 11) is 0. The predicted octanol–water partition coefficient (Wildman–Crippen LogP) is 0.504. The van der Waals surface area contributed by atoms with Crippen molar-refractivity contribution in [1.29, 1.82) is 0 Å². The lowest BCUT2D eigenvalue weighted by Gasteiger charge is -2.26. The van der Waals surface area contributed by atoms with E-state index in [0.717, 1.165) is 21.1 Å². The molecule has 1 aromatic heterocycles. The molecule has 0 spiro atoms. The molecule has 0 radical (unpaired) electrons. The van der Waals surface area contributed by atoms with Gasteiger partial charge in [0.1, 0.15) is 6.04 Å². The number of thiophene rings is 1. The van der Waals surface area contributed by atoms with E-state index in [1.54, 1.807) is 0 Å². The fourth-order valence-corrected chi connectivity index (χ4v) is 4.46. The number of nitrogens with zero attached hydrogens (tertiary/aromatic N) is 2. The molecule has 0 bridgehead atoms. The summed E-state index contributed by atoms with van der Waals surface area (Å²) in [5, 5.41) is 2.27. The van der Waals surface area contributed by atoms with Crippen LogP contribution in [0.2, 0.25) is 0 Å². The lowest BCUT2D eigenvalue weighted by molar-refractivity contribution is -0.175. The number of carbonyl (C=O) groups is 5. The third kappa shape index (κ3) is 4.55. The fourth-order valence-electron chi connectivity index (χ4n) is 3.69. The van der Waals surface area contributed by atoms with Crippen LogP contribution in [-0.4, -0.2) is 70.7 Å². The number of amides is 5. The van der Waals surface area contributed by atoms with Gasteiger partial charge in [0.2, 0.25) is 17.7 Å². The van der Waals surface area contributed by atoms with Crippen molar-refractivity contribution in [2.24, 2.45) is 11.7 Å². The molecule has 13 heteroatoms. The molecule has 3 rings (SSSR count). The van der Waals surface area contributed by atoms with Crippen molar-refractivity contribution in [2.45, 2.75) is 38.0 Å². The highest BCUT2D eigenvalue weighted by molar-refractivity contribution is 7.15. The molecule has 3 heterocycles. The second-order valence-corrected chi connectivity index (χ2v) is 8.42. The van der Waals surface area contributed by atoms with Gasteiger partial charge in [-0.2, -0.15) is 13.2 Å². The molecule has 2 aliphatic heterocycles. The molecule has 5 amide bonds. The first-order chi connectivity index (χ1) is 14.4. The van der Waals surface area contributed by atoms with E-state index >= 15 is 0 Å². The first kappa shape index (κ1) is 22.7. The number of nitrogens with two attached hydrogens (primary N) is 1. The van der Waals surface area contributed by atoms with Crippen LogP contribution in [0.1, 0.15) is 39.1 Å². The number of halogens is 3. The number of carbonyl (C=O) groups excluding carboxylic acids is 5. The Labute approximate surface area is 178 Å². The molecule has 2 aliphatic rings. The maximum atomic E-state index is 13.6. The number of likely N-dealkylation sites (tertiary alicyclic amines) is 2. The summed E-state index contributed by atoms with van der Waals surface area (Å²) in [5.74, 6) is -5.54. The monoisotopic (exact) mass is 460 g/mol. The largest absolute Gasteiger partial charge is 0.395 e. The Morgan fingerprint density at radius 1 is 1.13 bits per heavy atom. The lowest BCUT2D eigenvalue weighted by atomic mass is 10.0.